The summed E-state index contributed by atoms with van der Waals surface area (Å²) in [6.45, 7) is 7.05. The van der Waals surface area contributed by atoms with Gasteiger partial charge in [-0.3, -0.25) is 4.72 Å². The van der Waals surface area contributed by atoms with E-state index in [9.17, 15) is 0 Å². The van der Waals surface area contributed by atoms with Gasteiger partial charge in [0.25, 0.3) is 0 Å². The molecule has 0 heterocycles. The van der Waals surface area contributed by atoms with Gasteiger partial charge in [0.2, 0.25) is 0 Å². The Hall–Kier alpha value is 0.190. The minimum Gasteiger partial charge on any atom is -0.377 e. The monoisotopic (exact) mass is 236 g/mol. The van der Waals surface area contributed by atoms with E-state index in [1.165, 1.54) is 0 Å². The largest absolute Gasteiger partial charge is 0.377 e. The Balaban J connectivity index is 3.16. The van der Waals surface area contributed by atoms with Crippen molar-refractivity contribution < 1.29 is 9.47 Å². The minimum atomic E-state index is 0.259. The second-order valence-corrected chi connectivity index (χ2v) is 3.96. The molecule has 0 saturated heterocycles. The highest BCUT2D eigenvalue weighted by Gasteiger charge is 2.01. The lowest BCUT2D eigenvalue weighted by Crippen LogP contribution is -2.27. The van der Waals surface area contributed by atoms with Crippen LogP contribution < -0.4 is 10.0 Å². The third-order valence-corrected chi connectivity index (χ3v) is 2.38. The van der Waals surface area contributed by atoms with Gasteiger partial charge in [0.1, 0.15) is 0 Å². The fourth-order valence-corrected chi connectivity index (χ4v) is 1.13. The first-order valence-corrected chi connectivity index (χ1v) is 5.89. The number of thiol groups is 1. The predicted molar refractivity (Wildman–Crippen MR) is 66.4 cm³/mol. The molecule has 5 heteroatoms. The second-order valence-electron chi connectivity index (χ2n) is 3.64. The number of likely N-dealkylation sites (N-methyl/N-ethyl adjacent to an activating group) is 1. The van der Waals surface area contributed by atoms with E-state index in [1.54, 1.807) is 0 Å². The van der Waals surface area contributed by atoms with Crippen LogP contribution in [0.25, 0.3) is 0 Å². The van der Waals surface area contributed by atoms with Crippen LogP contribution in [0.5, 0.6) is 0 Å². The lowest BCUT2D eigenvalue weighted by Gasteiger charge is -2.14. The molecule has 0 radical (unpaired) electrons. The third-order valence-electron chi connectivity index (χ3n) is 2.15. The number of ether oxygens (including phenoxy) is 2. The molecular weight excluding hydrogens is 212 g/mol. The zero-order valence-corrected chi connectivity index (χ0v) is 10.8. The summed E-state index contributed by atoms with van der Waals surface area (Å²) in [6.07, 6.45) is 1.23. The molecule has 15 heavy (non-hydrogen) atoms. The standard InChI is InChI=1S/C10H24N2O2S/c1-9(11-3)8-13-6-7-14-10(2)4-5-12-15/h9-12,15H,4-8H2,1-3H3/t9?,10-/m1/s1. The molecule has 0 fully saturated rings. The zero-order valence-electron chi connectivity index (χ0n) is 9.95. The molecule has 0 aromatic heterocycles. The Labute approximate surface area is 98.6 Å². The molecule has 0 aliphatic carbocycles. The van der Waals surface area contributed by atoms with Gasteiger partial charge >= 0.3 is 0 Å². The number of hydrogen-bond donors (Lipinski definition) is 3. The number of rotatable bonds is 10. The van der Waals surface area contributed by atoms with Crippen molar-refractivity contribution in [3.63, 3.8) is 0 Å². The predicted octanol–water partition coefficient (Wildman–Crippen LogP) is 0.840. The highest BCUT2D eigenvalue weighted by Crippen LogP contribution is 1.96. The highest BCUT2D eigenvalue weighted by atomic mass is 32.1. The molecule has 0 bridgehead atoms. The molecule has 0 amide bonds. The van der Waals surface area contributed by atoms with Crippen LogP contribution in [0.2, 0.25) is 0 Å². The molecule has 0 rings (SSSR count). The molecular formula is C10H24N2O2S. The summed E-state index contributed by atoms with van der Waals surface area (Å²) in [7, 11) is 1.93. The number of hydrogen-bond acceptors (Lipinski definition) is 5. The maximum atomic E-state index is 5.54. The first-order valence-electron chi connectivity index (χ1n) is 5.44. The molecule has 0 aromatic carbocycles. The van der Waals surface area contributed by atoms with Gasteiger partial charge in [0.15, 0.2) is 0 Å². The minimum absolute atomic E-state index is 0.259. The van der Waals surface area contributed by atoms with Gasteiger partial charge in [-0.2, -0.15) is 0 Å². The summed E-state index contributed by atoms with van der Waals surface area (Å²) in [5.41, 5.74) is 0. The lowest BCUT2D eigenvalue weighted by atomic mass is 10.3. The maximum absolute atomic E-state index is 5.54. The van der Waals surface area contributed by atoms with Crippen LogP contribution in [-0.4, -0.2) is 45.6 Å². The highest BCUT2D eigenvalue weighted by molar-refractivity contribution is 7.78. The fraction of sp³-hybridized carbons (Fsp3) is 1.00. The molecule has 0 aromatic rings. The number of nitrogens with one attached hydrogen (secondary N) is 2. The van der Waals surface area contributed by atoms with Gasteiger partial charge < -0.3 is 14.8 Å². The molecule has 1 unspecified atom stereocenters. The van der Waals surface area contributed by atoms with Gasteiger partial charge in [-0.05, 0) is 27.3 Å². The van der Waals surface area contributed by atoms with Crippen LogP contribution >= 0.6 is 12.8 Å². The summed E-state index contributed by atoms with van der Waals surface area (Å²) in [6, 6.07) is 0.399. The Morgan fingerprint density at radius 2 is 2.00 bits per heavy atom. The average molecular weight is 236 g/mol. The van der Waals surface area contributed by atoms with Crippen LogP contribution in [0.3, 0.4) is 0 Å². The van der Waals surface area contributed by atoms with E-state index in [1.807, 2.05) is 7.05 Å². The van der Waals surface area contributed by atoms with Crippen molar-refractivity contribution in [3.8, 4) is 0 Å². The Morgan fingerprint density at radius 1 is 1.27 bits per heavy atom. The summed E-state index contributed by atoms with van der Waals surface area (Å²) >= 11 is 3.92. The van der Waals surface area contributed by atoms with Crippen LogP contribution in [0.15, 0.2) is 0 Å². The quantitative estimate of drug-likeness (QED) is 0.388. The van der Waals surface area contributed by atoms with Crippen molar-refractivity contribution in [1.82, 2.24) is 10.0 Å². The van der Waals surface area contributed by atoms with E-state index in [0.29, 0.717) is 19.3 Å². The van der Waals surface area contributed by atoms with E-state index in [-0.39, 0.29) is 6.10 Å². The van der Waals surface area contributed by atoms with E-state index >= 15 is 0 Å². The molecule has 4 nitrogen and oxygen atoms in total. The van der Waals surface area contributed by atoms with Crippen LogP contribution in [0, 0.1) is 0 Å². The molecule has 2 N–H and O–H groups in total. The topological polar surface area (TPSA) is 42.5 Å². The fourth-order valence-electron chi connectivity index (χ4n) is 1.00. The van der Waals surface area contributed by atoms with Crippen molar-refractivity contribution in [1.29, 1.82) is 0 Å². The maximum Gasteiger partial charge on any atom is 0.0704 e. The Morgan fingerprint density at radius 3 is 2.60 bits per heavy atom. The molecule has 0 spiro atoms. The molecule has 92 valence electrons. The molecule has 0 aliphatic rings. The van der Waals surface area contributed by atoms with Crippen LogP contribution in [0.1, 0.15) is 20.3 Å². The van der Waals surface area contributed by atoms with Crippen molar-refractivity contribution >= 4 is 12.8 Å². The third kappa shape index (κ3) is 10.5. The zero-order chi connectivity index (χ0) is 11.5. The van der Waals surface area contributed by atoms with E-state index in [0.717, 1.165) is 19.6 Å². The summed E-state index contributed by atoms with van der Waals surface area (Å²) < 4.78 is 13.8. The summed E-state index contributed by atoms with van der Waals surface area (Å²) in [5, 5.41) is 3.11. The Kier molecular flexibility index (Phi) is 10.8. The van der Waals surface area contributed by atoms with Gasteiger partial charge in [0, 0.05) is 12.6 Å². The van der Waals surface area contributed by atoms with Crippen molar-refractivity contribution in [3.05, 3.63) is 0 Å². The van der Waals surface area contributed by atoms with E-state index in [2.05, 4.69) is 36.7 Å². The van der Waals surface area contributed by atoms with Gasteiger partial charge in [-0.15, -0.1) is 0 Å². The van der Waals surface area contributed by atoms with E-state index < -0.39 is 0 Å². The van der Waals surface area contributed by atoms with Crippen molar-refractivity contribution in [2.45, 2.75) is 32.4 Å². The van der Waals surface area contributed by atoms with E-state index in [4.69, 9.17) is 9.47 Å². The Bertz CT molecular complexity index is 139. The first kappa shape index (κ1) is 15.2. The first-order chi connectivity index (χ1) is 7.20. The molecule has 0 saturated carbocycles. The van der Waals surface area contributed by atoms with Gasteiger partial charge in [-0.25, -0.2) is 0 Å². The van der Waals surface area contributed by atoms with Crippen LogP contribution in [-0.2, 0) is 9.47 Å². The van der Waals surface area contributed by atoms with Gasteiger partial charge in [0.05, 0.1) is 25.9 Å². The second kappa shape index (κ2) is 10.7. The normalized spacial score (nSPS) is 15.2. The summed E-state index contributed by atoms with van der Waals surface area (Å²) in [5.74, 6) is 0. The lowest BCUT2D eigenvalue weighted by molar-refractivity contribution is 0.00646. The molecule has 0 aliphatic heterocycles. The van der Waals surface area contributed by atoms with Crippen LogP contribution in [0.4, 0.5) is 0 Å². The van der Waals surface area contributed by atoms with Gasteiger partial charge in [-0.1, -0.05) is 12.8 Å². The van der Waals surface area contributed by atoms with Crippen molar-refractivity contribution in [2.24, 2.45) is 0 Å². The SMILES string of the molecule is CNC(C)COCCO[C@H](C)CCNS. The average Bonchev–Trinajstić information content (AvgIpc) is 2.25. The van der Waals surface area contributed by atoms with Crippen molar-refractivity contribution in [2.75, 3.05) is 33.4 Å². The smallest absolute Gasteiger partial charge is 0.0704 e. The molecule has 2 atom stereocenters. The summed E-state index contributed by atoms with van der Waals surface area (Å²) in [4.78, 5) is 0.